The zero-order chi connectivity index (χ0) is 14.3. The monoisotopic (exact) mass is 264 g/mol. The number of ether oxygens (including phenoxy) is 1. The van der Waals surface area contributed by atoms with Crippen LogP contribution in [0.2, 0.25) is 0 Å². The number of nitrogens with one attached hydrogen (secondary N) is 1. The molecular weight excluding hydrogens is 240 g/mol. The van der Waals surface area contributed by atoms with E-state index in [1.165, 1.54) is 0 Å². The maximum absolute atomic E-state index is 5.79. The van der Waals surface area contributed by atoms with Gasteiger partial charge in [-0.1, -0.05) is 13.3 Å². The number of guanidine groups is 1. The van der Waals surface area contributed by atoms with Gasteiger partial charge in [0.15, 0.2) is 5.96 Å². The van der Waals surface area contributed by atoms with Gasteiger partial charge in [0.25, 0.3) is 0 Å². The number of pyridine rings is 1. The summed E-state index contributed by atoms with van der Waals surface area (Å²) in [5, 5.41) is 3.08. The van der Waals surface area contributed by atoms with Crippen LogP contribution in [0.4, 0.5) is 0 Å². The van der Waals surface area contributed by atoms with Crippen LogP contribution in [0, 0.1) is 13.8 Å². The fourth-order valence-electron chi connectivity index (χ4n) is 1.84. The molecule has 0 radical (unpaired) electrons. The van der Waals surface area contributed by atoms with E-state index >= 15 is 0 Å². The fourth-order valence-corrected chi connectivity index (χ4v) is 1.84. The van der Waals surface area contributed by atoms with Crippen molar-refractivity contribution in [3.8, 4) is 5.75 Å². The summed E-state index contributed by atoms with van der Waals surface area (Å²) >= 11 is 0. The average Bonchev–Trinajstić information content (AvgIpc) is 2.39. The third-order valence-electron chi connectivity index (χ3n) is 2.99. The second-order valence-electron chi connectivity index (χ2n) is 4.53. The predicted octanol–water partition coefficient (Wildman–Crippen LogP) is 1.91. The summed E-state index contributed by atoms with van der Waals surface area (Å²) in [5.74, 6) is 1.34. The lowest BCUT2D eigenvalue weighted by Crippen LogP contribution is -2.32. The minimum Gasteiger partial charge on any atom is -0.496 e. The van der Waals surface area contributed by atoms with Gasteiger partial charge in [0.2, 0.25) is 0 Å². The average molecular weight is 264 g/mol. The molecule has 0 saturated carbocycles. The number of methoxy groups -OCH3 is 1. The van der Waals surface area contributed by atoms with Gasteiger partial charge >= 0.3 is 0 Å². The minimum absolute atomic E-state index is 0.466. The Morgan fingerprint density at radius 3 is 2.84 bits per heavy atom. The quantitative estimate of drug-likeness (QED) is 0.468. The molecule has 0 atom stereocenters. The van der Waals surface area contributed by atoms with Crippen molar-refractivity contribution in [2.24, 2.45) is 10.7 Å². The lowest BCUT2D eigenvalue weighted by Gasteiger charge is -2.11. The van der Waals surface area contributed by atoms with E-state index in [0.717, 1.165) is 42.0 Å². The van der Waals surface area contributed by atoms with Gasteiger partial charge in [-0.3, -0.25) is 4.98 Å². The summed E-state index contributed by atoms with van der Waals surface area (Å²) in [6, 6.07) is 0. The maximum atomic E-state index is 5.79. The van der Waals surface area contributed by atoms with Gasteiger partial charge in [0, 0.05) is 23.9 Å². The number of aryl methyl sites for hydroxylation is 1. The number of aromatic nitrogens is 1. The molecule has 19 heavy (non-hydrogen) atoms. The molecule has 106 valence electrons. The van der Waals surface area contributed by atoms with E-state index in [-0.39, 0.29) is 0 Å². The van der Waals surface area contributed by atoms with E-state index in [2.05, 4.69) is 22.2 Å². The minimum atomic E-state index is 0.466. The number of unbranched alkanes of at least 4 members (excludes halogenated alkanes) is 1. The molecule has 1 aromatic heterocycles. The van der Waals surface area contributed by atoms with Crippen molar-refractivity contribution in [3.63, 3.8) is 0 Å². The molecule has 0 aliphatic carbocycles. The molecular formula is C14H24N4O. The van der Waals surface area contributed by atoms with Gasteiger partial charge < -0.3 is 15.8 Å². The van der Waals surface area contributed by atoms with Crippen LogP contribution in [0.3, 0.4) is 0 Å². The summed E-state index contributed by atoms with van der Waals surface area (Å²) < 4.78 is 5.37. The summed E-state index contributed by atoms with van der Waals surface area (Å²) in [5.41, 5.74) is 8.73. The van der Waals surface area contributed by atoms with E-state index in [1.54, 1.807) is 13.3 Å². The van der Waals surface area contributed by atoms with E-state index in [4.69, 9.17) is 10.5 Å². The number of hydrogen-bond donors (Lipinski definition) is 2. The molecule has 0 amide bonds. The zero-order valence-electron chi connectivity index (χ0n) is 12.3. The van der Waals surface area contributed by atoms with Crippen LogP contribution in [0.15, 0.2) is 11.2 Å². The largest absolute Gasteiger partial charge is 0.496 e. The van der Waals surface area contributed by atoms with Crippen LogP contribution in [0.1, 0.15) is 36.6 Å². The first kappa shape index (κ1) is 15.3. The molecule has 0 fully saturated rings. The Hall–Kier alpha value is -1.78. The lowest BCUT2D eigenvalue weighted by atomic mass is 10.1. The molecule has 0 aliphatic heterocycles. The zero-order valence-corrected chi connectivity index (χ0v) is 12.3. The molecule has 3 N–H and O–H groups in total. The molecule has 1 aromatic rings. The van der Waals surface area contributed by atoms with E-state index in [0.29, 0.717) is 12.5 Å². The fraction of sp³-hybridized carbons (Fsp3) is 0.571. The SMILES string of the molecule is CCCCNC(N)=NCc1ncc(C)c(OC)c1C. The molecule has 0 spiro atoms. The van der Waals surface area contributed by atoms with Gasteiger partial charge in [-0.05, 0) is 20.3 Å². The first-order valence-corrected chi connectivity index (χ1v) is 6.63. The van der Waals surface area contributed by atoms with Crippen molar-refractivity contribution in [1.82, 2.24) is 10.3 Å². The Bertz CT molecular complexity index is 443. The summed E-state index contributed by atoms with van der Waals surface area (Å²) in [4.78, 5) is 8.68. The highest BCUT2D eigenvalue weighted by atomic mass is 16.5. The first-order valence-electron chi connectivity index (χ1n) is 6.63. The van der Waals surface area contributed by atoms with E-state index < -0.39 is 0 Å². The Kier molecular flexibility index (Phi) is 6.12. The number of hydrogen-bond acceptors (Lipinski definition) is 3. The highest BCUT2D eigenvalue weighted by Crippen LogP contribution is 2.24. The Morgan fingerprint density at radius 1 is 1.47 bits per heavy atom. The molecule has 0 saturated heterocycles. The molecule has 0 unspecified atom stereocenters. The first-order chi connectivity index (χ1) is 9.10. The van der Waals surface area contributed by atoms with Gasteiger partial charge in [-0.25, -0.2) is 4.99 Å². The van der Waals surface area contributed by atoms with Crippen LogP contribution in [-0.2, 0) is 6.54 Å². The van der Waals surface area contributed by atoms with Crippen LogP contribution in [0.5, 0.6) is 5.75 Å². The van der Waals surface area contributed by atoms with Gasteiger partial charge in [0.05, 0.1) is 19.3 Å². The second-order valence-corrected chi connectivity index (χ2v) is 4.53. The van der Waals surface area contributed by atoms with Crippen molar-refractivity contribution in [2.75, 3.05) is 13.7 Å². The molecule has 1 heterocycles. The van der Waals surface area contributed by atoms with Crippen molar-refractivity contribution < 1.29 is 4.74 Å². The van der Waals surface area contributed by atoms with Crippen LogP contribution < -0.4 is 15.8 Å². The summed E-state index contributed by atoms with van der Waals surface area (Å²) in [7, 11) is 1.67. The third kappa shape index (κ3) is 4.43. The molecule has 5 heteroatoms. The highest BCUT2D eigenvalue weighted by Gasteiger charge is 2.08. The predicted molar refractivity (Wildman–Crippen MR) is 78.5 cm³/mol. The van der Waals surface area contributed by atoms with E-state index in [9.17, 15) is 0 Å². The molecule has 0 aliphatic rings. The third-order valence-corrected chi connectivity index (χ3v) is 2.99. The smallest absolute Gasteiger partial charge is 0.188 e. The number of nitrogens with two attached hydrogens (primary N) is 1. The van der Waals surface area contributed by atoms with Crippen LogP contribution in [-0.4, -0.2) is 24.6 Å². The normalized spacial score (nSPS) is 11.5. The van der Waals surface area contributed by atoms with Crippen molar-refractivity contribution in [1.29, 1.82) is 0 Å². The van der Waals surface area contributed by atoms with Gasteiger partial charge in [-0.15, -0.1) is 0 Å². The Morgan fingerprint density at radius 2 is 2.21 bits per heavy atom. The van der Waals surface area contributed by atoms with Gasteiger partial charge in [0.1, 0.15) is 5.75 Å². The van der Waals surface area contributed by atoms with Crippen molar-refractivity contribution >= 4 is 5.96 Å². The summed E-state index contributed by atoms with van der Waals surface area (Å²) in [6.45, 7) is 7.43. The second kappa shape index (κ2) is 7.61. The molecule has 5 nitrogen and oxygen atoms in total. The molecule has 1 rings (SSSR count). The topological polar surface area (TPSA) is 72.5 Å². The summed E-state index contributed by atoms with van der Waals surface area (Å²) in [6.07, 6.45) is 4.03. The Balaban J connectivity index is 2.70. The van der Waals surface area contributed by atoms with Crippen LogP contribution in [0.25, 0.3) is 0 Å². The highest BCUT2D eigenvalue weighted by molar-refractivity contribution is 5.77. The maximum Gasteiger partial charge on any atom is 0.188 e. The molecule has 0 aromatic carbocycles. The van der Waals surface area contributed by atoms with E-state index in [1.807, 2.05) is 13.8 Å². The number of nitrogens with zero attached hydrogens (tertiary/aromatic N) is 2. The van der Waals surface area contributed by atoms with Crippen LogP contribution >= 0.6 is 0 Å². The number of rotatable bonds is 6. The van der Waals surface area contributed by atoms with Gasteiger partial charge in [-0.2, -0.15) is 0 Å². The Labute approximate surface area is 115 Å². The van der Waals surface area contributed by atoms with Crippen molar-refractivity contribution in [3.05, 3.63) is 23.0 Å². The standard InChI is InChI=1S/C14H24N4O/c1-5-6-7-16-14(15)18-9-12-11(3)13(19-4)10(2)8-17-12/h8H,5-7,9H2,1-4H3,(H3,15,16,18). The lowest BCUT2D eigenvalue weighted by molar-refractivity contribution is 0.407. The molecule has 0 bridgehead atoms. The number of aliphatic imine (C=N–C) groups is 1. The van der Waals surface area contributed by atoms with Crippen molar-refractivity contribution in [2.45, 2.75) is 40.2 Å².